The SMILES string of the molecule is CCCCNC(=O)COC(=O)c1ccc(=O)n(CCCC)n1. The maximum atomic E-state index is 11.8. The highest BCUT2D eigenvalue weighted by Gasteiger charge is 2.13. The molecule has 1 heterocycles. The molecule has 0 saturated heterocycles. The minimum Gasteiger partial charge on any atom is -0.451 e. The number of amides is 1. The van der Waals surface area contributed by atoms with Crippen LogP contribution in [-0.4, -0.2) is 34.8 Å². The van der Waals surface area contributed by atoms with Crippen LogP contribution >= 0.6 is 0 Å². The van der Waals surface area contributed by atoms with Gasteiger partial charge in [0, 0.05) is 19.2 Å². The first kappa shape index (κ1) is 17.9. The van der Waals surface area contributed by atoms with E-state index in [1.165, 1.54) is 16.8 Å². The molecular weight excluding hydrogens is 286 g/mol. The van der Waals surface area contributed by atoms with Crippen molar-refractivity contribution >= 4 is 11.9 Å². The summed E-state index contributed by atoms with van der Waals surface area (Å²) in [6.07, 6.45) is 3.57. The molecule has 0 aliphatic heterocycles. The van der Waals surface area contributed by atoms with Crippen molar-refractivity contribution in [2.24, 2.45) is 0 Å². The van der Waals surface area contributed by atoms with Gasteiger partial charge in [0.05, 0.1) is 0 Å². The van der Waals surface area contributed by atoms with Gasteiger partial charge in [-0.15, -0.1) is 0 Å². The molecule has 1 amide bonds. The second-order valence-electron chi connectivity index (χ2n) is 4.91. The predicted octanol–water partition coefficient (Wildman–Crippen LogP) is 1.12. The van der Waals surface area contributed by atoms with E-state index in [9.17, 15) is 14.4 Å². The van der Waals surface area contributed by atoms with Gasteiger partial charge in [-0.25, -0.2) is 9.48 Å². The van der Waals surface area contributed by atoms with E-state index in [4.69, 9.17) is 4.74 Å². The molecule has 0 saturated carbocycles. The molecule has 0 radical (unpaired) electrons. The van der Waals surface area contributed by atoms with Gasteiger partial charge < -0.3 is 10.1 Å². The molecule has 22 heavy (non-hydrogen) atoms. The number of ether oxygens (including phenoxy) is 1. The maximum Gasteiger partial charge on any atom is 0.359 e. The molecule has 0 unspecified atom stereocenters. The number of hydrogen-bond donors (Lipinski definition) is 1. The van der Waals surface area contributed by atoms with Gasteiger partial charge in [0.15, 0.2) is 12.3 Å². The van der Waals surface area contributed by atoms with Gasteiger partial charge in [0.25, 0.3) is 11.5 Å². The third-order valence-electron chi connectivity index (χ3n) is 2.99. The maximum absolute atomic E-state index is 11.8. The third-order valence-corrected chi connectivity index (χ3v) is 2.99. The Morgan fingerprint density at radius 2 is 1.95 bits per heavy atom. The third kappa shape index (κ3) is 6.07. The second kappa shape index (κ2) is 9.70. The molecule has 0 aliphatic rings. The van der Waals surface area contributed by atoms with E-state index in [0.717, 1.165) is 25.7 Å². The van der Waals surface area contributed by atoms with Crippen LogP contribution in [0.3, 0.4) is 0 Å². The quantitative estimate of drug-likeness (QED) is 0.545. The van der Waals surface area contributed by atoms with Gasteiger partial charge in [-0.3, -0.25) is 9.59 Å². The van der Waals surface area contributed by atoms with Crippen LogP contribution in [0.25, 0.3) is 0 Å². The Bertz CT molecular complexity index is 554. The number of carbonyl (C=O) groups is 2. The van der Waals surface area contributed by atoms with Crippen molar-refractivity contribution in [3.8, 4) is 0 Å². The molecule has 0 spiro atoms. The Hall–Kier alpha value is -2.18. The Morgan fingerprint density at radius 3 is 2.64 bits per heavy atom. The monoisotopic (exact) mass is 309 g/mol. The molecule has 0 atom stereocenters. The van der Waals surface area contributed by atoms with Crippen LogP contribution in [0.5, 0.6) is 0 Å². The number of nitrogens with one attached hydrogen (secondary N) is 1. The predicted molar refractivity (Wildman–Crippen MR) is 81.6 cm³/mol. The molecule has 1 aromatic heterocycles. The molecule has 0 aliphatic carbocycles. The lowest BCUT2D eigenvalue weighted by Crippen LogP contribution is -2.30. The van der Waals surface area contributed by atoms with Crippen molar-refractivity contribution in [2.45, 2.75) is 46.1 Å². The van der Waals surface area contributed by atoms with E-state index < -0.39 is 5.97 Å². The van der Waals surface area contributed by atoms with E-state index in [-0.39, 0.29) is 23.8 Å². The summed E-state index contributed by atoms with van der Waals surface area (Å²) >= 11 is 0. The van der Waals surface area contributed by atoms with Crippen molar-refractivity contribution in [1.29, 1.82) is 0 Å². The number of nitrogens with zero attached hydrogens (tertiary/aromatic N) is 2. The van der Waals surface area contributed by atoms with E-state index in [1.807, 2.05) is 13.8 Å². The lowest BCUT2D eigenvalue weighted by molar-refractivity contribution is -0.124. The number of aromatic nitrogens is 2. The summed E-state index contributed by atoms with van der Waals surface area (Å²) in [4.78, 5) is 34.9. The minimum atomic E-state index is -0.712. The summed E-state index contributed by atoms with van der Waals surface area (Å²) in [5.74, 6) is -1.06. The highest BCUT2D eigenvalue weighted by atomic mass is 16.5. The molecule has 0 aromatic carbocycles. The molecule has 1 rings (SSSR count). The van der Waals surface area contributed by atoms with Crippen molar-refractivity contribution in [3.63, 3.8) is 0 Å². The fraction of sp³-hybridized carbons (Fsp3) is 0.600. The highest BCUT2D eigenvalue weighted by Crippen LogP contribution is 1.97. The van der Waals surface area contributed by atoms with E-state index >= 15 is 0 Å². The van der Waals surface area contributed by atoms with Gasteiger partial charge in [-0.05, 0) is 18.9 Å². The Morgan fingerprint density at radius 1 is 1.23 bits per heavy atom. The van der Waals surface area contributed by atoms with E-state index in [2.05, 4.69) is 10.4 Å². The summed E-state index contributed by atoms with van der Waals surface area (Å²) in [5, 5.41) is 6.61. The molecule has 1 N–H and O–H groups in total. The molecule has 7 nitrogen and oxygen atoms in total. The zero-order chi connectivity index (χ0) is 16.4. The fourth-order valence-electron chi connectivity index (χ4n) is 1.69. The van der Waals surface area contributed by atoms with Crippen LogP contribution in [0, 0.1) is 0 Å². The number of unbranched alkanes of at least 4 members (excludes halogenated alkanes) is 2. The summed E-state index contributed by atoms with van der Waals surface area (Å²) in [6, 6.07) is 2.59. The normalized spacial score (nSPS) is 10.3. The number of carbonyl (C=O) groups excluding carboxylic acids is 2. The van der Waals surface area contributed by atoms with Crippen molar-refractivity contribution in [1.82, 2.24) is 15.1 Å². The number of esters is 1. The van der Waals surface area contributed by atoms with Gasteiger partial charge in [-0.2, -0.15) is 5.10 Å². The van der Waals surface area contributed by atoms with Crippen LogP contribution in [0.15, 0.2) is 16.9 Å². The fourth-order valence-corrected chi connectivity index (χ4v) is 1.69. The molecule has 1 aromatic rings. The van der Waals surface area contributed by atoms with Crippen molar-refractivity contribution in [2.75, 3.05) is 13.2 Å². The van der Waals surface area contributed by atoms with Gasteiger partial charge in [-0.1, -0.05) is 26.7 Å². The molecule has 7 heteroatoms. The first-order chi connectivity index (χ1) is 10.6. The first-order valence-electron chi connectivity index (χ1n) is 7.60. The first-order valence-corrected chi connectivity index (χ1v) is 7.60. The topological polar surface area (TPSA) is 90.3 Å². The van der Waals surface area contributed by atoms with Crippen LogP contribution < -0.4 is 10.9 Å². The van der Waals surface area contributed by atoms with Crippen LogP contribution in [0.2, 0.25) is 0 Å². The number of rotatable bonds is 9. The van der Waals surface area contributed by atoms with Crippen LogP contribution in [0.1, 0.15) is 50.0 Å². The van der Waals surface area contributed by atoms with Gasteiger partial charge in [0.2, 0.25) is 0 Å². The van der Waals surface area contributed by atoms with Crippen LogP contribution in [0.4, 0.5) is 0 Å². The number of aryl methyl sites for hydroxylation is 1. The zero-order valence-corrected chi connectivity index (χ0v) is 13.1. The van der Waals surface area contributed by atoms with Gasteiger partial charge in [0.1, 0.15) is 0 Å². The highest BCUT2D eigenvalue weighted by molar-refractivity contribution is 5.89. The Labute approximate surface area is 129 Å². The average molecular weight is 309 g/mol. The largest absolute Gasteiger partial charge is 0.451 e. The lowest BCUT2D eigenvalue weighted by Gasteiger charge is -2.07. The smallest absolute Gasteiger partial charge is 0.359 e. The Balaban J connectivity index is 2.54. The van der Waals surface area contributed by atoms with Crippen LogP contribution in [-0.2, 0) is 16.1 Å². The van der Waals surface area contributed by atoms with Crippen molar-refractivity contribution < 1.29 is 14.3 Å². The lowest BCUT2D eigenvalue weighted by atomic mass is 10.3. The van der Waals surface area contributed by atoms with E-state index in [0.29, 0.717) is 13.1 Å². The summed E-state index contributed by atoms with van der Waals surface area (Å²) in [6.45, 7) is 4.69. The summed E-state index contributed by atoms with van der Waals surface area (Å²) < 4.78 is 6.13. The van der Waals surface area contributed by atoms with Gasteiger partial charge >= 0.3 is 5.97 Å². The molecular formula is C15H23N3O4. The summed E-state index contributed by atoms with van der Waals surface area (Å²) in [7, 11) is 0. The summed E-state index contributed by atoms with van der Waals surface area (Å²) in [5.41, 5.74) is -0.237. The average Bonchev–Trinajstić information content (AvgIpc) is 2.52. The zero-order valence-electron chi connectivity index (χ0n) is 13.1. The molecule has 0 fully saturated rings. The minimum absolute atomic E-state index is 0.0251. The Kier molecular flexibility index (Phi) is 7.88. The second-order valence-corrected chi connectivity index (χ2v) is 4.91. The molecule has 0 bridgehead atoms. The van der Waals surface area contributed by atoms with Crippen molar-refractivity contribution in [3.05, 3.63) is 28.2 Å². The number of hydrogen-bond acceptors (Lipinski definition) is 5. The molecule has 122 valence electrons. The van der Waals surface area contributed by atoms with E-state index in [1.54, 1.807) is 0 Å². The standard InChI is InChI=1S/C15H23N3O4/c1-3-5-9-16-13(19)11-22-15(21)12-7-8-14(20)18(17-12)10-6-4-2/h7-8H,3-6,9-11H2,1-2H3,(H,16,19).